The molecule has 0 rings (SSSR count). The van der Waals surface area contributed by atoms with Gasteiger partial charge in [0.05, 0.1) is 6.04 Å². The van der Waals surface area contributed by atoms with E-state index in [1.54, 1.807) is 0 Å². The summed E-state index contributed by atoms with van der Waals surface area (Å²) < 4.78 is 12.3. The van der Waals surface area contributed by atoms with Crippen LogP contribution < -0.4 is 0 Å². The van der Waals surface area contributed by atoms with Gasteiger partial charge < -0.3 is 14.4 Å². The molecule has 2 unspecified atom stereocenters. The Kier molecular flexibility index (Phi) is 27.4. The van der Waals surface area contributed by atoms with E-state index in [-0.39, 0.29) is 12.3 Å². The minimum atomic E-state index is -0.108. The van der Waals surface area contributed by atoms with Crippen LogP contribution >= 0.6 is 0 Å². The van der Waals surface area contributed by atoms with E-state index in [1.807, 2.05) is 0 Å². The monoisotopic (exact) mass is 493 g/mol. The van der Waals surface area contributed by atoms with Crippen LogP contribution in [0.15, 0.2) is 24.3 Å². The number of nitrogens with zero attached hydrogens (tertiary/aromatic N) is 1. The van der Waals surface area contributed by atoms with Gasteiger partial charge in [0, 0.05) is 13.2 Å². The summed E-state index contributed by atoms with van der Waals surface area (Å²) in [7, 11) is 4.22. The van der Waals surface area contributed by atoms with Crippen LogP contribution in [0.25, 0.3) is 0 Å². The van der Waals surface area contributed by atoms with Gasteiger partial charge in [-0.1, -0.05) is 115 Å². The molecule has 0 aromatic carbocycles. The zero-order valence-corrected chi connectivity index (χ0v) is 24.6. The van der Waals surface area contributed by atoms with Crippen molar-refractivity contribution >= 4 is 0 Å². The molecule has 3 heteroatoms. The maximum atomic E-state index is 6.17. The van der Waals surface area contributed by atoms with E-state index in [9.17, 15) is 0 Å². The predicted molar refractivity (Wildman–Crippen MR) is 156 cm³/mol. The highest BCUT2D eigenvalue weighted by molar-refractivity contribution is 4.92. The third-order valence-electron chi connectivity index (χ3n) is 6.87. The topological polar surface area (TPSA) is 21.7 Å². The molecule has 2 atom stereocenters. The summed E-state index contributed by atoms with van der Waals surface area (Å²) in [5, 5.41) is 0. The van der Waals surface area contributed by atoms with Crippen molar-refractivity contribution in [3.05, 3.63) is 24.3 Å². The Morgan fingerprint density at radius 3 is 1.43 bits per heavy atom. The molecule has 0 saturated carbocycles. The highest BCUT2D eigenvalue weighted by atomic mass is 16.7. The lowest BCUT2D eigenvalue weighted by Crippen LogP contribution is -2.40. The van der Waals surface area contributed by atoms with Gasteiger partial charge in [-0.2, -0.15) is 0 Å². The van der Waals surface area contributed by atoms with Gasteiger partial charge in [-0.3, -0.25) is 0 Å². The van der Waals surface area contributed by atoms with Crippen LogP contribution in [0.5, 0.6) is 0 Å². The molecular weight excluding hydrogens is 430 g/mol. The Bertz CT molecular complexity index is 460. The third-order valence-corrected chi connectivity index (χ3v) is 6.87. The highest BCUT2D eigenvalue weighted by Gasteiger charge is 2.20. The van der Waals surface area contributed by atoms with Gasteiger partial charge in [0.25, 0.3) is 0 Å². The summed E-state index contributed by atoms with van der Waals surface area (Å²) >= 11 is 0. The first-order valence-corrected chi connectivity index (χ1v) is 15.3. The molecule has 0 aliphatic rings. The SMILES string of the molecule is CCCCC/C=C\C/C=C\CCCCCCCCOC(OCCCCCCCCC)C(C)N(C)C. The van der Waals surface area contributed by atoms with Crippen molar-refractivity contribution in [3.63, 3.8) is 0 Å². The average molecular weight is 494 g/mol. The second-order valence-electron chi connectivity index (χ2n) is 10.5. The lowest BCUT2D eigenvalue weighted by Gasteiger charge is -2.29. The van der Waals surface area contributed by atoms with E-state index < -0.39 is 0 Å². The molecule has 0 aliphatic carbocycles. The molecule has 0 amide bonds. The van der Waals surface area contributed by atoms with Crippen molar-refractivity contribution in [3.8, 4) is 0 Å². The summed E-state index contributed by atoms with van der Waals surface area (Å²) in [6.45, 7) is 8.37. The van der Waals surface area contributed by atoms with Gasteiger partial charge >= 0.3 is 0 Å². The number of hydrogen-bond donors (Lipinski definition) is 0. The molecule has 3 nitrogen and oxygen atoms in total. The van der Waals surface area contributed by atoms with Crippen LogP contribution in [0, 0.1) is 0 Å². The summed E-state index contributed by atoms with van der Waals surface area (Å²) in [5.41, 5.74) is 0. The number of allylic oxidation sites excluding steroid dienone is 4. The Hall–Kier alpha value is -0.640. The zero-order valence-electron chi connectivity index (χ0n) is 24.6. The molecule has 0 aromatic rings. The second kappa shape index (κ2) is 27.9. The molecular formula is C32H63NO2. The fourth-order valence-electron chi connectivity index (χ4n) is 4.12. The van der Waals surface area contributed by atoms with E-state index >= 15 is 0 Å². The summed E-state index contributed by atoms with van der Waals surface area (Å²) in [6.07, 6.45) is 33.8. The maximum absolute atomic E-state index is 6.17. The number of ether oxygens (including phenoxy) is 2. The molecule has 0 saturated heterocycles. The van der Waals surface area contributed by atoms with E-state index in [1.165, 1.54) is 103 Å². The van der Waals surface area contributed by atoms with Crippen LogP contribution in [-0.4, -0.2) is 44.5 Å². The minimum absolute atomic E-state index is 0.108. The number of hydrogen-bond acceptors (Lipinski definition) is 3. The first-order chi connectivity index (χ1) is 17.1. The number of unbranched alkanes of at least 4 members (excludes halogenated alkanes) is 15. The molecule has 0 N–H and O–H groups in total. The standard InChI is InChI=1S/C32H63NO2/c1-6-8-10-12-14-15-16-17-18-19-20-21-22-24-26-28-30-35-32(31(3)33(4)5)34-29-27-25-23-13-11-9-7-2/h14-15,17-18,31-32H,6-13,16,19-30H2,1-5H3/b15-14-,18-17-. The fourth-order valence-corrected chi connectivity index (χ4v) is 4.12. The second-order valence-corrected chi connectivity index (χ2v) is 10.5. The van der Waals surface area contributed by atoms with Crippen molar-refractivity contribution in [2.45, 2.75) is 155 Å². The van der Waals surface area contributed by atoms with E-state index in [4.69, 9.17) is 9.47 Å². The summed E-state index contributed by atoms with van der Waals surface area (Å²) in [6, 6.07) is 0.282. The van der Waals surface area contributed by atoms with Gasteiger partial charge in [0.1, 0.15) is 0 Å². The van der Waals surface area contributed by atoms with Crippen molar-refractivity contribution in [2.75, 3.05) is 27.3 Å². The molecule has 0 fully saturated rings. The van der Waals surface area contributed by atoms with Crippen molar-refractivity contribution in [1.29, 1.82) is 0 Å². The Labute approximate surface area is 221 Å². The van der Waals surface area contributed by atoms with Crippen LogP contribution in [-0.2, 0) is 9.47 Å². The largest absolute Gasteiger partial charge is 0.351 e. The molecule has 0 radical (unpaired) electrons. The first-order valence-electron chi connectivity index (χ1n) is 15.3. The van der Waals surface area contributed by atoms with Crippen molar-refractivity contribution < 1.29 is 9.47 Å². The van der Waals surface area contributed by atoms with Gasteiger partial charge in [0.15, 0.2) is 6.29 Å². The Morgan fingerprint density at radius 2 is 0.943 bits per heavy atom. The zero-order chi connectivity index (χ0) is 25.8. The summed E-state index contributed by atoms with van der Waals surface area (Å²) in [5.74, 6) is 0. The smallest absolute Gasteiger partial charge is 0.172 e. The fraction of sp³-hybridized carbons (Fsp3) is 0.875. The number of likely N-dealkylation sites (N-methyl/N-ethyl adjacent to an activating group) is 1. The quantitative estimate of drug-likeness (QED) is 0.0645. The van der Waals surface area contributed by atoms with Gasteiger partial charge in [-0.05, 0) is 66.0 Å². The van der Waals surface area contributed by atoms with E-state index in [0.717, 1.165) is 32.5 Å². The molecule has 0 heterocycles. The van der Waals surface area contributed by atoms with Crippen LogP contribution in [0.2, 0.25) is 0 Å². The molecule has 0 aromatic heterocycles. The third kappa shape index (κ3) is 24.8. The van der Waals surface area contributed by atoms with Crippen LogP contribution in [0.1, 0.15) is 143 Å². The molecule has 0 aliphatic heterocycles. The molecule has 0 spiro atoms. The first kappa shape index (κ1) is 34.4. The normalized spacial score (nSPS) is 14.0. The highest BCUT2D eigenvalue weighted by Crippen LogP contribution is 2.13. The predicted octanol–water partition coefficient (Wildman–Crippen LogP) is 9.86. The Balaban J connectivity index is 3.69. The Morgan fingerprint density at radius 1 is 0.543 bits per heavy atom. The molecule has 35 heavy (non-hydrogen) atoms. The van der Waals surface area contributed by atoms with Crippen LogP contribution in [0.3, 0.4) is 0 Å². The number of rotatable bonds is 27. The lowest BCUT2D eigenvalue weighted by atomic mass is 10.1. The van der Waals surface area contributed by atoms with E-state index in [0.29, 0.717) is 0 Å². The van der Waals surface area contributed by atoms with Gasteiger partial charge in [-0.15, -0.1) is 0 Å². The van der Waals surface area contributed by atoms with Crippen LogP contribution in [0.4, 0.5) is 0 Å². The van der Waals surface area contributed by atoms with Gasteiger partial charge in [0.2, 0.25) is 0 Å². The van der Waals surface area contributed by atoms with Gasteiger partial charge in [-0.25, -0.2) is 0 Å². The van der Waals surface area contributed by atoms with E-state index in [2.05, 4.69) is 64.1 Å². The van der Waals surface area contributed by atoms with Crippen molar-refractivity contribution in [1.82, 2.24) is 4.90 Å². The average Bonchev–Trinajstić information content (AvgIpc) is 2.85. The maximum Gasteiger partial charge on any atom is 0.172 e. The summed E-state index contributed by atoms with van der Waals surface area (Å²) in [4.78, 5) is 2.20. The van der Waals surface area contributed by atoms with Crippen molar-refractivity contribution in [2.24, 2.45) is 0 Å². The molecule has 208 valence electrons. The minimum Gasteiger partial charge on any atom is -0.351 e. The lowest BCUT2D eigenvalue weighted by molar-refractivity contribution is -0.172. The molecule has 0 bridgehead atoms.